The molecular formula is C18H18BrNO6. The third kappa shape index (κ3) is 4.66. The standard InChI is InChI=1S/C18H18BrNO6/c1-23-14-8-11(9-15(24-2)17(14)25-3)20-16(21)10-26-18(22)12-6-4-5-7-13(12)19/h4-9H,10H2,1-3H3,(H,20,21). The number of benzene rings is 2. The molecule has 0 heterocycles. The van der Waals surface area contributed by atoms with Crippen LogP contribution < -0.4 is 19.5 Å². The Bertz CT molecular complexity index is 783. The Morgan fingerprint density at radius 2 is 1.62 bits per heavy atom. The molecule has 0 radical (unpaired) electrons. The maximum Gasteiger partial charge on any atom is 0.339 e. The number of rotatable bonds is 7. The number of nitrogens with one attached hydrogen (secondary N) is 1. The van der Waals surface area contributed by atoms with Crippen molar-refractivity contribution < 1.29 is 28.5 Å². The Labute approximate surface area is 159 Å². The molecule has 0 bridgehead atoms. The van der Waals surface area contributed by atoms with Gasteiger partial charge >= 0.3 is 5.97 Å². The molecule has 1 N–H and O–H groups in total. The monoisotopic (exact) mass is 423 g/mol. The van der Waals surface area contributed by atoms with Crippen LogP contribution >= 0.6 is 15.9 Å². The molecule has 138 valence electrons. The molecule has 0 spiro atoms. The molecule has 0 fully saturated rings. The molecule has 0 aromatic heterocycles. The van der Waals surface area contributed by atoms with Crippen molar-refractivity contribution in [1.29, 1.82) is 0 Å². The normalized spacial score (nSPS) is 10.0. The summed E-state index contributed by atoms with van der Waals surface area (Å²) in [6, 6.07) is 9.95. The van der Waals surface area contributed by atoms with Crippen LogP contribution in [0.15, 0.2) is 40.9 Å². The molecule has 0 saturated heterocycles. The van der Waals surface area contributed by atoms with Crippen molar-refractivity contribution in [2.24, 2.45) is 0 Å². The van der Waals surface area contributed by atoms with E-state index in [1.165, 1.54) is 21.3 Å². The average Bonchev–Trinajstić information content (AvgIpc) is 2.65. The van der Waals surface area contributed by atoms with E-state index < -0.39 is 18.5 Å². The van der Waals surface area contributed by atoms with E-state index in [4.69, 9.17) is 18.9 Å². The number of ether oxygens (including phenoxy) is 4. The van der Waals surface area contributed by atoms with Crippen molar-refractivity contribution >= 4 is 33.5 Å². The van der Waals surface area contributed by atoms with E-state index in [1.54, 1.807) is 36.4 Å². The van der Waals surface area contributed by atoms with Gasteiger partial charge in [0.05, 0.1) is 26.9 Å². The molecule has 7 nitrogen and oxygen atoms in total. The van der Waals surface area contributed by atoms with Crippen LogP contribution in [0.1, 0.15) is 10.4 Å². The maximum absolute atomic E-state index is 12.1. The molecule has 8 heteroatoms. The Morgan fingerprint density at radius 1 is 1.00 bits per heavy atom. The maximum atomic E-state index is 12.1. The summed E-state index contributed by atoms with van der Waals surface area (Å²) in [5.41, 5.74) is 0.759. The number of methoxy groups -OCH3 is 3. The van der Waals surface area contributed by atoms with Crippen molar-refractivity contribution in [3.63, 3.8) is 0 Å². The first-order valence-corrected chi connectivity index (χ1v) is 8.31. The smallest absolute Gasteiger partial charge is 0.339 e. The Balaban J connectivity index is 2.04. The minimum atomic E-state index is -0.600. The van der Waals surface area contributed by atoms with Gasteiger partial charge in [-0.1, -0.05) is 12.1 Å². The number of hydrogen-bond donors (Lipinski definition) is 1. The quantitative estimate of drug-likeness (QED) is 0.688. The number of esters is 1. The lowest BCUT2D eigenvalue weighted by atomic mass is 10.2. The second kappa shape index (κ2) is 9.10. The van der Waals surface area contributed by atoms with E-state index in [9.17, 15) is 9.59 Å². The number of hydrogen-bond acceptors (Lipinski definition) is 6. The number of halogens is 1. The van der Waals surface area contributed by atoms with E-state index in [1.807, 2.05) is 0 Å². The number of anilines is 1. The molecule has 0 aliphatic carbocycles. The molecule has 26 heavy (non-hydrogen) atoms. The van der Waals surface area contributed by atoms with Crippen molar-refractivity contribution in [1.82, 2.24) is 0 Å². The van der Waals surface area contributed by atoms with Crippen LogP contribution in [0.3, 0.4) is 0 Å². The summed E-state index contributed by atoms with van der Waals surface area (Å²) in [7, 11) is 4.44. The fourth-order valence-corrected chi connectivity index (χ4v) is 2.63. The van der Waals surface area contributed by atoms with Crippen LogP contribution in [0, 0.1) is 0 Å². The third-order valence-electron chi connectivity index (χ3n) is 3.38. The summed E-state index contributed by atoms with van der Waals surface area (Å²) >= 11 is 3.26. The fraction of sp³-hybridized carbons (Fsp3) is 0.222. The summed E-state index contributed by atoms with van der Waals surface area (Å²) in [5, 5.41) is 2.62. The van der Waals surface area contributed by atoms with Crippen LogP contribution in [0.4, 0.5) is 5.69 Å². The highest BCUT2D eigenvalue weighted by molar-refractivity contribution is 9.10. The molecule has 1 amide bonds. The zero-order valence-electron chi connectivity index (χ0n) is 14.5. The van der Waals surface area contributed by atoms with E-state index in [0.29, 0.717) is 33.0 Å². The SMILES string of the molecule is COc1cc(NC(=O)COC(=O)c2ccccc2Br)cc(OC)c1OC. The predicted octanol–water partition coefficient (Wildman–Crippen LogP) is 3.27. The molecule has 2 aromatic carbocycles. The molecule has 0 unspecified atom stereocenters. The molecular weight excluding hydrogens is 406 g/mol. The first-order chi connectivity index (χ1) is 12.5. The summed E-state index contributed by atoms with van der Waals surface area (Å²) < 4.78 is 21.3. The minimum absolute atomic E-state index is 0.341. The topological polar surface area (TPSA) is 83.1 Å². The van der Waals surface area contributed by atoms with Gasteiger partial charge in [-0.15, -0.1) is 0 Å². The number of carbonyl (C=O) groups excluding carboxylic acids is 2. The van der Waals surface area contributed by atoms with E-state index in [2.05, 4.69) is 21.2 Å². The van der Waals surface area contributed by atoms with Gasteiger partial charge in [0, 0.05) is 22.3 Å². The van der Waals surface area contributed by atoms with E-state index in [0.717, 1.165) is 0 Å². The van der Waals surface area contributed by atoms with Crippen LogP contribution in [0.5, 0.6) is 17.2 Å². The van der Waals surface area contributed by atoms with Gasteiger partial charge in [-0.05, 0) is 28.1 Å². The molecule has 2 aromatic rings. The molecule has 0 saturated carbocycles. The largest absolute Gasteiger partial charge is 0.493 e. The van der Waals surface area contributed by atoms with Crippen LogP contribution in [-0.2, 0) is 9.53 Å². The predicted molar refractivity (Wildman–Crippen MR) is 99.2 cm³/mol. The summed E-state index contributed by atoms with van der Waals surface area (Å²) in [6.45, 7) is -0.434. The summed E-state index contributed by atoms with van der Waals surface area (Å²) in [6.07, 6.45) is 0. The van der Waals surface area contributed by atoms with Gasteiger partial charge < -0.3 is 24.3 Å². The van der Waals surface area contributed by atoms with Gasteiger partial charge in [0.15, 0.2) is 18.1 Å². The average molecular weight is 424 g/mol. The molecule has 2 rings (SSSR count). The van der Waals surface area contributed by atoms with Gasteiger partial charge in [-0.2, -0.15) is 0 Å². The van der Waals surface area contributed by atoms with Crippen LogP contribution in [0.2, 0.25) is 0 Å². The first kappa shape index (κ1) is 19.6. The number of carbonyl (C=O) groups is 2. The highest BCUT2D eigenvalue weighted by Crippen LogP contribution is 2.39. The Hall–Kier alpha value is -2.74. The second-order valence-electron chi connectivity index (χ2n) is 5.02. The lowest BCUT2D eigenvalue weighted by Gasteiger charge is -2.14. The van der Waals surface area contributed by atoms with Crippen molar-refractivity contribution in [2.45, 2.75) is 0 Å². The highest BCUT2D eigenvalue weighted by atomic mass is 79.9. The molecule has 0 aliphatic rings. The van der Waals surface area contributed by atoms with Crippen molar-refractivity contribution in [3.8, 4) is 17.2 Å². The van der Waals surface area contributed by atoms with Gasteiger partial charge in [0.2, 0.25) is 5.75 Å². The Morgan fingerprint density at radius 3 is 2.15 bits per heavy atom. The third-order valence-corrected chi connectivity index (χ3v) is 4.07. The van der Waals surface area contributed by atoms with Crippen LogP contribution in [0.25, 0.3) is 0 Å². The lowest BCUT2D eigenvalue weighted by Crippen LogP contribution is -2.21. The second-order valence-corrected chi connectivity index (χ2v) is 5.87. The minimum Gasteiger partial charge on any atom is -0.493 e. The van der Waals surface area contributed by atoms with E-state index >= 15 is 0 Å². The van der Waals surface area contributed by atoms with Crippen LogP contribution in [-0.4, -0.2) is 39.8 Å². The van der Waals surface area contributed by atoms with Gasteiger partial charge in [-0.3, -0.25) is 4.79 Å². The van der Waals surface area contributed by atoms with Crippen molar-refractivity contribution in [2.75, 3.05) is 33.3 Å². The van der Waals surface area contributed by atoms with Gasteiger partial charge in [0.25, 0.3) is 5.91 Å². The first-order valence-electron chi connectivity index (χ1n) is 7.51. The van der Waals surface area contributed by atoms with E-state index in [-0.39, 0.29) is 0 Å². The van der Waals surface area contributed by atoms with Gasteiger partial charge in [-0.25, -0.2) is 4.79 Å². The van der Waals surface area contributed by atoms with Crippen molar-refractivity contribution in [3.05, 3.63) is 46.4 Å². The zero-order valence-corrected chi connectivity index (χ0v) is 16.1. The summed E-state index contributed by atoms with van der Waals surface area (Å²) in [4.78, 5) is 24.1. The number of amides is 1. The fourth-order valence-electron chi connectivity index (χ4n) is 2.19. The lowest BCUT2D eigenvalue weighted by molar-refractivity contribution is -0.119. The zero-order chi connectivity index (χ0) is 19.1. The summed E-state index contributed by atoms with van der Waals surface area (Å²) in [5.74, 6) is 0.102. The molecule has 0 atom stereocenters. The highest BCUT2D eigenvalue weighted by Gasteiger charge is 2.16. The molecule has 0 aliphatic heterocycles. The Kier molecular flexibility index (Phi) is 6.85. The van der Waals surface area contributed by atoms with Gasteiger partial charge in [0.1, 0.15) is 0 Å².